The lowest BCUT2D eigenvalue weighted by Gasteiger charge is -2.38. The van der Waals surface area contributed by atoms with Crippen LogP contribution in [0.4, 0.5) is 0 Å². The molecule has 6 amide bonds. The van der Waals surface area contributed by atoms with Gasteiger partial charge >= 0.3 is 0 Å². The maximum Gasteiger partial charge on any atom is 0.239 e. The van der Waals surface area contributed by atoms with Crippen LogP contribution in [0.15, 0.2) is 12.2 Å². The van der Waals surface area contributed by atoms with Crippen molar-refractivity contribution >= 4 is 35.4 Å². The highest BCUT2D eigenvalue weighted by Crippen LogP contribution is 2.32. The Labute approximate surface area is 546 Å². The van der Waals surface area contributed by atoms with Gasteiger partial charge in [-0.3, -0.25) is 28.8 Å². The summed E-state index contributed by atoms with van der Waals surface area (Å²) in [5.41, 5.74) is 0. The predicted molar refractivity (Wildman–Crippen MR) is 364 cm³/mol. The number of rotatable bonds is 12. The fourth-order valence-corrected chi connectivity index (χ4v) is 16.3. The van der Waals surface area contributed by atoms with Gasteiger partial charge in [0.1, 0.15) is 0 Å². The third-order valence-corrected chi connectivity index (χ3v) is 22.4. The second kappa shape index (κ2) is 40.5. The summed E-state index contributed by atoms with van der Waals surface area (Å²) < 4.78 is 0. The normalized spacial score (nSPS) is 29.4. The van der Waals surface area contributed by atoms with Gasteiger partial charge in [0.05, 0.1) is 36.3 Å². The van der Waals surface area contributed by atoms with E-state index in [2.05, 4.69) is 73.5 Å². The summed E-state index contributed by atoms with van der Waals surface area (Å²) in [6.07, 6.45) is 52.1. The summed E-state index contributed by atoms with van der Waals surface area (Å²) in [4.78, 5) is 86.0. The van der Waals surface area contributed by atoms with Gasteiger partial charge in [-0.25, -0.2) is 0 Å². The average molecular weight is 1260 g/mol. The minimum atomic E-state index is 0.0492. The first-order valence-electron chi connectivity index (χ1n) is 37.5. The number of nitrogens with zero attached hydrogens (tertiary/aromatic N) is 6. The number of amides is 6. The molecule has 90 heavy (non-hydrogen) atoms. The Balaban J connectivity index is 0.000000154. The Morgan fingerprint density at radius 2 is 0.400 bits per heavy atom. The maximum atomic E-state index is 12.5. The summed E-state index contributed by atoms with van der Waals surface area (Å²) >= 11 is 0. The van der Waals surface area contributed by atoms with E-state index in [-0.39, 0.29) is 36.3 Å². The zero-order valence-electron chi connectivity index (χ0n) is 57.7. The fraction of sp³-hybridized carbons (Fsp3) is 0.889. The van der Waals surface area contributed by atoms with E-state index in [9.17, 15) is 28.8 Å². The van der Waals surface area contributed by atoms with Crippen molar-refractivity contribution in [3.05, 3.63) is 12.2 Å². The van der Waals surface area contributed by atoms with Gasteiger partial charge in [0.2, 0.25) is 35.4 Å². The van der Waals surface area contributed by atoms with E-state index < -0.39 is 0 Å². The Morgan fingerprint density at radius 3 is 0.600 bits per heavy atom. The molecule has 0 aromatic rings. The van der Waals surface area contributed by atoms with Crippen molar-refractivity contribution in [2.75, 3.05) is 81.6 Å². The molecule has 6 heterocycles. The number of carbonyl (C=O) groups is 6. The molecule has 0 aromatic carbocycles. The zero-order chi connectivity index (χ0) is 64.0. The quantitative estimate of drug-likeness (QED) is 0.0804. The van der Waals surface area contributed by atoms with Crippen LogP contribution in [0.5, 0.6) is 0 Å². The van der Waals surface area contributed by atoms with E-state index >= 15 is 0 Å². The minimum Gasteiger partial charge on any atom is -0.338 e. The van der Waals surface area contributed by atoms with Gasteiger partial charge in [-0.2, -0.15) is 0 Å². The van der Waals surface area contributed by atoms with E-state index in [1.807, 2.05) is 42.3 Å². The van der Waals surface area contributed by atoms with Crippen LogP contribution < -0.4 is 31.9 Å². The van der Waals surface area contributed by atoms with Crippen molar-refractivity contribution in [3.8, 4) is 0 Å². The first-order chi connectivity index (χ1) is 44.0. The molecule has 18 nitrogen and oxygen atoms in total. The number of nitrogens with one attached hydrogen (secondary N) is 6. The number of carbonyl (C=O) groups excluding carboxylic acids is 6. The lowest BCUT2D eigenvalue weighted by Crippen LogP contribution is -2.50. The number of likely N-dealkylation sites (N-methyl/N-ethyl adjacent to an activating group) is 6. The van der Waals surface area contributed by atoms with Crippen molar-refractivity contribution < 1.29 is 28.8 Å². The van der Waals surface area contributed by atoms with Crippen LogP contribution in [0.2, 0.25) is 0 Å². The number of hydrogen-bond acceptors (Lipinski definition) is 12. The van der Waals surface area contributed by atoms with Crippen molar-refractivity contribution in [2.45, 2.75) is 329 Å². The second-order valence-corrected chi connectivity index (χ2v) is 28.5. The Bertz CT molecular complexity index is 2100. The fourth-order valence-electron chi connectivity index (χ4n) is 16.3. The molecular formula is C72H130N12O6. The second-order valence-electron chi connectivity index (χ2n) is 28.5. The molecule has 6 unspecified atom stereocenters. The van der Waals surface area contributed by atoms with Gasteiger partial charge in [-0.1, -0.05) is 69.9 Å². The zero-order valence-corrected chi connectivity index (χ0v) is 57.7. The highest BCUT2D eigenvalue weighted by molar-refractivity contribution is 5.85. The number of hydrogen-bond donors (Lipinski definition) is 6. The van der Waals surface area contributed by atoms with Gasteiger partial charge in [0, 0.05) is 75.5 Å². The molecule has 18 heteroatoms. The van der Waals surface area contributed by atoms with Gasteiger partial charge in [-0.05, 0) is 241 Å². The van der Waals surface area contributed by atoms with Crippen LogP contribution in [0.1, 0.15) is 257 Å². The molecule has 0 spiro atoms. The molecule has 514 valence electrons. The summed E-state index contributed by atoms with van der Waals surface area (Å²) in [5.74, 6) is 2.05. The maximum absolute atomic E-state index is 12.5. The van der Waals surface area contributed by atoms with Gasteiger partial charge < -0.3 is 61.3 Å². The molecule has 6 atom stereocenters. The van der Waals surface area contributed by atoms with E-state index in [0.29, 0.717) is 71.7 Å². The minimum absolute atomic E-state index is 0.0492. The monoisotopic (exact) mass is 1260 g/mol. The summed E-state index contributed by atoms with van der Waals surface area (Å²) in [6.45, 7) is 5.89. The molecule has 11 fully saturated rings. The first kappa shape index (κ1) is 73.7. The molecule has 6 aliphatic carbocycles. The molecule has 6 N–H and O–H groups in total. The van der Waals surface area contributed by atoms with E-state index in [4.69, 9.17) is 0 Å². The topological polar surface area (TPSA) is 194 Å². The summed E-state index contributed by atoms with van der Waals surface area (Å²) in [5, 5.41) is 18.9. The molecule has 12 rings (SSSR count). The Kier molecular flexibility index (Phi) is 33.2. The standard InChI is InChI=1S/C14H26N2O.C13H24N2O.C12H22N2O.C12H20N2O.C11H20N2O.C10H18N2O/c1-15-13-10-6-7-11-16(14(13)17)12-8-4-2-3-5-9-12;1-14-12-9-5-6-10-15(13(12)16)11-7-3-2-4-8-11;2*1-13-11-8-4-5-9-14(12(11)15)10-6-2-3-7-10;1-12-10-7-2-3-8-13(11(10)14)9-5-4-6-9;1-11-9-4-2-3-7-12(10(9)13)8-5-6-8/h12-13,15H,2-11H2,1H3;11-12,14H,2-10H2,1H3;10-11,13H,2-9H2,1H3;2-3,10-11,13H,4-9H2,1H3;9-10,12H,2-8H2,1H3;8-9,11H,2-7H2,1H3. The van der Waals surface area contributed by atoms with Crippen LogP contribution in [0, 0.1) is 0 Å². The van der Waals surface area contributed by atoms with Crippen molar-refractivity contribution in [3.63, 3.8) is 0 Å². The molecule has 5 saturated carbocycles. The molecule has 0 radical (unpaired) electrons. The highest BCUT2D eigenvalue weighted by Gasteiger charge is 2.39. The first-order valence-corrected chi connectivity index (χ1v) is 37.5. The van der Waals surface area contributed by atoms with Crippen molar-refractivity contribution in [1.82, 2.24) is 61.3 Å². The molecule has 0 bridgehead atoms. The Hall–Kier alpha value is -3.68. The van der Waals surface area contributed by atoms with Crippen LogP contribution in [0.25, 0.3) is 0 Å². The molecule has 6 aliphatic heterocycles. The van der Waals surface area contributed by atoms with E-state index in [1.165, 1.54) is 193 Å². The molecule has 6 saturated heterocycles. The summed E-state index contributed by atoms with van der Waals surface area (Å²) in [6, 6.07) is 3.64. The average Bonchev–Trinajstić information content (AvgIpc) is 3.36. The van der Waals surface area contributed by atoms with E-state index in [1.54, 1.807) is 0 Å². The van der Waals surface area contributed by atoms with Gasteiger partial charge in [0.15, 0.2) is 0 Å². The number of likely N-dealkylation sites (tertiary alicyclic amines) is 6. The molecular weight excluding hydrogens is 1130 g/mol. The van der Waals surface area contributed by atoms with Gasteiger partial charge in [-0.15, -0.1) is 0 Å². The highest BCUT2D eigenvalue weighted by atomic mass is 16.2. The smallest absolute Gasteiger partial charge is 0.239 e. The van der Waals surface area contributed by atoms with Crippen molar-refractivity contribution in [1.29, 1.82) is 0 Å². The van der Waals surface area contributed by atoms with Crippen molar-refractivity contribution in [2.24, 2.45) is 0 Å². The molecule has 12 aliphatic rings. The van der Waals surface area contributed by atoms with E-state index in [0.717, 1.165) is 103 Å². The van der Waals surface area contributed by atoms with Crippen LogP contribution in [-0.4, -0.2) is 219 Å². The van der Waals surface area contributed by atoms with Crippen LogP contribution in [0.3, 0.4) is 0 Å². The lowest BCUT2D eigenvalue weighted by atomic mass is 9.91. The Morgan fingerprint density at radius 1 is 0.222 bits per heavy atom. The predicted octanol–water partition coefficient (Wildman–Crippen LogP) is 8.95. The largest absolute Gasteiger partial charge is 0.338 e. The molecule has 0 aromatic heterocycles. The lowest BCUT2D eigenvalue weighted by molar-refractivity contribution is -0.137. The third kappa shape index (κ3) is 22.2. The van der Waals surface area contributed by atoms with Crippen LogP contribution >= 0.6 is 0 Å². The third-order valence-electron chi connectivity index (χ3n) is 22.4. The van der Waals surface area contributed by atoms with Crippen LogP contribution in [-0.2, 0) is 28.8 Å². The van der Waals surface area contributed by atoms with Gasteiger partial charge in [0.25, 0.3) is 0 Å². The summed E-state index contributed by atoms with van der Waals surface area (Å²) in [7, 11) is 11.4. The SMILES string of the molecule is CNC1CCCCN(C2CC2)C1=O.CNC1CCCCN(C2CC=CC2)C1=O.CNC1CCCCN(C2CCC2)C1=O.CNC1CCCCN(C2CCCC2)C1=O.CNC1CCCCN(C2CCCCC2)C1=O.CNC1CCCCN(C2CCCCCC2)C1=O.